The molecule has 0 unspecified atom stereocenters. The number of nitrogens with zero attached hydrogens (tertiary/aromatic N) is 4. The van der Waals surface area contributed by atoms with E-state index in [1.54, 1.807) is 22.8 Å². The van der Waals surface area contributed by atoms with Crippen LogP contribution in [0.2, 0.25) is 0 Å². The van der Waals surface area contributed by atoms with Gasteiger partial charge in [0.05, 0.1) is 61.3 Å². The SMILES string of the molecule is COC(=O)N[C@H]1CCCCCOCC[C@@H](c2ncc(-c3ccc(-c4ccc(-c5cnc([C@@H]6CCCN6C(=O)[C@H](Cc6cscn6)NC(=O)OC)[nH]5)cc4)cc3)[nH]2)NC1=O. The Morgan fingerprint density at radius 3 is 2.14 bits per heavy atom. The number of nitrogens with one attached hydrogen (secondary N) is 5. The van der Waals surface area contributed by atoms with E-state index in [2.05, 4.69) is 65.1 Å². The highest BCUT2D eigenvalue weighted by Gasteiger charge is 2.37. The number of methoxy groups -OCH3 is 2. The van der Waals surface area contributed by atoms with Crippen molar-refractivity contribution in [1.82, 2.24) is 45.8 Å². The van der Waals surface area contributed by atoms with Gasteiger partial charge in [0.15, 0.2) is 0 Å². The molecule has 4 atom stereocenters. The highest BCUT2D eigenvalue weighted by Crippen LogP contribution is 2.33. The molecule has 2 aliphatic rings. The lowest BCUT2D eigenvalue weighted by Gasteiger charge is -2.28. The Balaban J connectivity index is 0.998. The third kappa shape index (κ3) is 10.3. The van der Waals surface area contributed by atoms with Crippen LogP contribution in [0.3, 0.4) is 0 Å². The Bertz CT molecular complexity index is 2170. The van der Waals surface area contributed by atoms with Gasteiger partial charge in [-0.3, -0.25) is 9.59 Å². The number of hydrogen-bond acceptors (Lipinski definition) is 11. The first-order valence-electron chi connectivity index (χ1n) is 19.8. The van der Waals surface area contributed by atoms with Crippen LogP contribution in [0.5, 0.6) is 0 Å². The number of likely N-dealkylation sites (tertiary alicyclic amines) is 1. The lowest BCUT2D eigenvalue weighted by Crippen LogP contribution is -2.49. The molecule has 2 aliphatic heterocycles. The number of hydrogen-bond donors (Lipinski definition) is 5. The maximum absolute atomic E-state index is 13.8. The van der Waals surface area contributed by atoms with E-state index in [1.807, 2.05) is 29.6 Å². The Morgan fingerprint density at radius 1 is 0.814 bits per heavy atom. The van der Waals surface area contributed by atoms with E-state index in [0.717, 1.165) is 71.4 Å². The number of aromatic amines is 2. The van der Waals surface area contributed by atoms with Gasteiger partial charge in [0.25, 0.3) is 0 Å². The molecule has 4 amide bonds. The summed E-state index contributed by atoms with van der Waals surface area (Å²) >= 11 is 1.44. The molecule has 0 radical (unpaired) electrons. The van der Waals surface area contributed by atoms with Crippen molar-refractivity contribution in [1.29, 1.82) is 0 Å². The maximum atomic E-state index is 13.8. The number of aromatic nitrogens is 5. The zero-order valence-electron chi connectivity index (χ0n) is 33.1. The van der Waals surface area contributed by atoms with Gasteiger partial charge in [-0.05, 0) is 54.4 Å². The average Bonchev–Trinajstić information content (AvgIpc) is 4.11. The van der Waals surface area contributed by atoms with Crippen LogP contribution < -0.4 is 16.0 Å². The monoisotopic (exact) mass is 823 g/mol. The molecule has 17 heteroatoms. The zero-order chi connectivity index (χ0) is 41.1. The molecule has 0 saturated carbocycles. The summed E-state index contributed by atoms with van der Waals surface area (Å²) in [6, 6.07) is 14.1. The van der Waals surface area contributed by atoms with E-state index < -0.39 is 30.3 Å². The molecule has 0 bridgehead atoms. The van der Waals surface area contributed by atoms with Gasteiger partial charge in [-0.25, -0.2) is 24.5 Å². The molecule has 0 spiro atoms. The van der Waals surface area contributed by atoms with Gasteiger partial charge < -0.3 is 45.0 Å². The van der Waals surface area contributed by atoms with Crippen molar-refractivity contribution in [2.75, 3.05) is 34.0 Å². The molecule has 59 heavy (non-hydrogen) atoms. The van der Waals surface area contributed by atoms with E-state index in [0.29, 0.717) is 44.2 Å². The Morgan fingerprint density at radius 2 is 1.47 bits per heavy atom. The molecular formula is C42H49N9O7S. The maximum Gasteiger partial charge on any atom is 0.407 e. The molecule has 5 aromatic rings. The number of ether oxygens (including phenoxy) is 3. The second-order valence-electron chi connectivity index (χ2n) is 14.6. The van der Waals surface area contributed by atoms with Crippen LogP contribution in [0, 0.1) is 0 Å². The highest BCUT2D eigenvalue weighted by molar-refractivity contribution is 7.07. The van der Waals surface area contributed by atoms with Crippen molar-refractivity contribution in [2.24, 2.45) is 0 Å². The second kappa shape index (κ2) is 19.6. The minimum absolute atomic E-state index is 0.202. The van der Waals surface area contributed by atoms with Gasteiger partial charge in [-0.1, -0.05) is 61.4 Å². The van der Waals surface area contributed by atoms with Crippen molar-refractivity contribution in [3.8, 4) is 33.6 Å². The topological polar surface area (TPSA) is 206 Å². The Kier molecular flexibility index (Phi) is 13.6. The van der Waals surface area contributed by atoms with Gasteiger partial charge >= 0.3 is 12.2 Å². The van der Waals surface area contributed by atoms with Gasteiger partial charge in [0.2, 0.25) is 11.8 Å². The van der Waals surface area contributed by atoms with Crippen molar-refractivity contribution in [2.45, 2.75) is 75.5 Å². The predicted octanol–water partition coefficient (Wildman–Crippen LogP) is 6.08. The van der Waals surface area contributed by atoms with Crippen LogP contribution in [0.15, 0.2) is 71.8 Å². The molecule has 5 heterocycles. The number of H-pyrrole nitrogens is 2. The van der Waals surface area contributed by atoms with E-state index in [4.69, 9.17) is 14.2 Å². The summed E-state index contributed by atoms with van der Waals surface area (Å²) in [6.45, 7) is 1.64. The van der Waals surface area contributed by atoms with Crippen LogP contribution in [0.1, 0.15) is 74.4 Å². The number of amides is 4. The van der Waals surface area contributed by atoms with Crippen LogP contribution in [-0.2, 0) is 30.2 Å². The van der Waals surface area contributed by atoms with Gasteiger partial charge in [-0.15, -0.1) is 11.3 Å². The molecule has 0 aliphatic carbocycles. The normalized spacial score (nSPS) is 19.5. The molecule has 5 N–H and O–H groups in total. The summed E-state index contributed by atoms with van der Waals surface area (Å²) in [5.41, 5.74) is 8.03. The summed E-state index contributed by atoms with van der Waals surface area (Å²) in [5, 5.41) is 10.3. The molecule has 7 rings (SSSR count). The predicted molar refractivity (Wildman–Crippen MR) is 220 cm³/mol. The molecule has 2 saturated heterocycles. The quantitative estimate of drug-likeness (QED) is 0.110. The molecule has 2 aromatic carbocycles. The van der Waals surface area contributed by atoms with E-state index in [9.17, 15) is 19.2 Å². The fourth-order valence-electron chi connectivity index (χ4n) is 7.51. The van der Waals surface area contributed by atoms with Gasteiger partial charge in [-0.2, -0.15) is 0 Å². The average molecular weight is 824 g/mol. The first kappa shape index (κ1) is 41.1. The minimum Gasteiger partial charge on any atom is -0.453 e. The lowest BCUT2D eigenvalue weighted by atomic mass is 10.0. The smallest absolute Gasteiger partial charge is 0.407 e. The number of carbonyl (C=O) groups excluding carboxylic acids is 4. The Labute approximate surface area is 345 Å². The summed E-state index contributed by atoms with van der Waals surface area (Å²) in [7, 11) is 2.56. The lowest BCUT2D eigenvalue weighted by molar-refractivity contribution is -0.134. The summed E-state index contributed by atoms with van der Waals surface area (Å²) < 4.78 is 15.4. The Hall–Kier alpha value is -6.07. The minimum atomic E-state index is -0.815. The number of imidazole rings is 2. The van der Waals surface area contributed by atoms with E-state index in [1.165, 1.54) is 25.6 Å². The van der Waals surface area contributed by atoms with Crippen LogP contribution >= 0.6 is 11.3 Å². The summed E-state index contributed by atoms with van der Waals surface area (Å²) in [4.78, 5) is 73.4. The van der Waals surface area contributed by atoms with Crippen molar-refractivity contribution < 1.29 is 33.4 Å². The second-order valence-corrected chi connectivity index (χ2v) is 15.3. The largest absolute Gasteiger partial charge is 0.453 e. The standard InChI is InChI=1S/C42H49N9O7S/c1-56-41(54)49-32-7-4-3-5-19-58-20-17-31(48-39(32)52)37-43-22-34(46-37)28-13-9-26(10-14-28)27-11-15-29(16-12-27)35-23-44-38(47-35)36-8-6-18-51(36)40(53)33(50-42(55)57-2)21-30-24-59-25-45-30/h9-16,22-25,31-33,36H,3-8,17-21H2,1-2H3,(H,43,46)(H,44,47)(H,48,52)(H,49,54)(H,50,55)/t31-,32-,33-,36-/m0/s1. The zero-order valence-corrected chi connectivity index (χ0v) is 33.9. The van der Waals surface area contributed by atoms with Crippen LogP contribution in [-0.4, -0.2) is 99.9 Å². The van der Waals surface area contributed by atoms with Gasteiger partial charge in [0, 0.05) is 31.6 Å². The number of rotatable bonds is 10. The van der Waals surface area contributed by atoms with Crippen LogP contribution in [0.25, 0.3) is 33.6 Å². The molecule has 16 nitrogen and oxygen atoms in total. The third-order valence-corrected chi connectivity index (χ3v) is 11.3. The molecular weight excluding hydrogens is 775 g/mol. The number of carbonyl (C=O) groups is 4. The fraction of sp³-hybridized carbons (Fsp3) is 0.405. The van der Waals surface area contributed by atoms with Gasteiger partial charge in [0.1, 0.15) is 23.7 Å². The molecule has 3 aromatic heterocycles. The summed E-state index contributed by atoms with van der Waals surface area (Å²) in [5.74, 6) is 0.801. The number of thiazole rings is 1. The molecule has 2 fully saturated rings. The molecule has 310 valence electrons. The third-order valence-electron chi connectivity index (χ3n) is 10.7. The van der Waals surface area contributed by atoms with Crippen LogP contribution in [0.4, 0.5) is 9.59 Å². The fourth-order valence-corrected chi connectivity index (χ4v) is 8.08. The van der Waals surface area contributed by atoms with Crippen molar-refractivity contribution in [3.63, 3.8) is 0 Å². The van der Waals surface area contributed by atoms with E-state index >= 15 is 0 Å². The first-order chi connectivity index (χ1) is 28.8. The number of alkyl carbamates (subject to hydrolysis) is 2. The summed E-state index contributed by atoms with van der Waals surface area (Å²) in [6.07, 6.45) is 7.63. The first-order valence-corrected chi connectivity index (χ1v) is 20.8. The van der Waals surface area contributed by atoms with E-state index in [-0.39, 0.29) is 24.3 Å². The number of benzene rings is 2. The van der Waals surface area contributed by atoms with Crippen molar-refractivity contribution in [3.05, 3.63) is 89.2 Å². The van der Waals surface area contributed by atoms with Crippen molar-refractivity contribution >= 4 is 35.3 Å². The highest BCUT2D eigenvalue weighted by atomic mass is 32.1.